The Bertz CT molecular complexity index is 765. The predicted molar refractivity (Wildman–Crippen MR) is 95.9 cm³/mol. The van der Waals surface area contributed by atoms with E-state index in [4.69, 9.17) is 0 Å². The summed E-state index contributed by atoms with van der Waals surface area (Å²) in [6.45, 7) is 1.62. The number of amides is 3. The highest BCUT2D eigenvalue weighted by molar-refractivity contribution is 5.95. The first-order valence-corrected chi connectivity index (χ1v) is 9.64. The zero-order chi connectivity index (χ0) is 19.0. The zero-order valence-corrected chi connectivity index (χ0v) is 15.3. The van der Waals surface area contributed by atoms with Crippen LogP contribution in [0.15, 0.2) is 24.3 Å². The molecular formula is C20H24FN3O3. The normalized spacial score (nSPS) is 23.7. The van der Waals surface area contributed by atoms with Gasteiger partial charge in [0, 0.05) is 32.1 Å². The number of hydrogen-bond acceptors (Lipinski definition) is 3. The maximum atomic E-state index is 13.4. The van der Waals surface area contributed by atoms with Crippen molar-refractivity contribution in [3.8, 4) is 0 Å². The standard InChI is InChI=1S/C20H24FN3O3/c21-16-6-1-3-14(11-16)12-23-13-18(25)24-10-9-22(8-7-17(24)20(23)27)19(26)15-4-2-5-15/h1,3,6,11,15,17H,2,4-5,7-10,12-13H2. The molecule has 1 aromatic carbocycles. The molecule has 2 aliphatic heterocycles. The Balaban J connectivity index is 1.45. The number of nitrogens with zero attached hydrogens (tertiary/aromatic N) is 3. The second-order valence-electron chi connectivity index (χ2n) is 7.67. The van der Waals surface area contributed by atoms with Gasteiger partial charge in [-0.3, -0.25) is 14.4 Å². The van der Waals surface area contributed by atoms with Crippen LogP contribution in [0, 0.1) is 11.7 Å². The van der Waals surface area contributed by atoms with Crippen LogP contribution in [0.25, 0.3) is 0 Å². The molecule has 0 N–H and O–H groups in total. The second-order valence-corrected chi connectivity index (χ2v) is 7.67. The Morgan fingerprint density at radius 1 is 1.11 bits per heavy atom. The Kier molecular flexibility index (Phi) is 4.85. The molecule has 2 heterocycles. The van der Waals surface area contributed by atoms with Gasteiger partial charge in [-0.25, -0.2) is 4.39 Å². The number of hydrogen-bond donors (Lipinski definition) is 0. The topological polar surface area (TPSA) is 60.9 Å². The van der Waals surface area contributed by atoms with E-state index in [9.17, 15) is 18.8 Å². The quantitative estimate of drug-likeness (QED) is 0.805. The molecule has 0 radical (unpaired) electrons. The molecule has 144 valence electrons. The average Bonchev–Trinajstić information content (AvgIpc) is 2.81. The number of carbonyl (C=O) groups is 3. The van der Waals surface area contributed by atoms with Gasteiger partial charge in [0.2, 0.25) is 17.7 Å². The smallest absolute Gasteiger partial charge is 0.246 e. The molecule has 1 aliphatic carbocycles. The highest BCUT2D eigenvalue weighted by Crippen LogP contribution is 2.29. The van der Waals surface area contributed by atoms with Gasteiger partial charge in [-0.1, -0.05) is 18.6 Å². The van der Waals surface area contributed by atoms with Crippen molar-refractivity contribution < 1.29 is 18.8 Å². The van der Waals surface area contributed by atoms with Gasteiger partial charge in [-0.05, 0) is 37.0 Å². The van der Waals surface area contributed by atoms with Gasteiger partial charge in [0.05, 0.1) is 0 Å². The second kappa shape index (κ2) is 7.29. The third-order valence-corrected chi connectivity index (χ3v) is 5.93. The van der Waals surface area contributed by atoms with E-state index in [2.05, 4.69) is 0 Å². The summed E-state index contributed by atoms with van der Waals surface area (Å²) in [6, 6.07) is 5.56. The third-order valence-electron chi connectivity index (χ3n) is 5.93. The highest BCUT2D eigenvalue weighted by atomic mass is 19.1. The number of benzene rings is 1. The van der Waals surface area contributed by atoms with Crippen LogP contribution in [-0.2, 0) is 20.9 Å². The predicted octanol–water partition coefficient (Wildman–Crippen LogP) is 1.40. The van der Waals surface area contributed by atoms with Crippen LogP contribution in [0.4, 0.5) is 4.39 Å². The molecule has 1 saturated carbocycles. The van der Waals surface area contributed by atoms with Crippen molar-refractivity contribution in [2.75, 3.05) is 26.2 Å². The molecule has 0 spiro atoms. The van der Waals surface area contributed by atoms with E-state index < -0.39 is 6.04 Å². The molecule has 1 aromatic rings. The van der Waals surface area contributed by atoms with Gasteiger partial charge in [0.25, 0.3) is 0 Å². The van der Waals surface area contributed by atoms with E-state index in [-0.39, 0.29) is 42.5 Å². The minimum Gasteiger partial charge on any atom is -0.341 e. The molecule has 1 unspecified atom stereocenters. The molecule has 3 aliphatic rings. The van der Waals surface area contributed by atoms with E-state index in [0.717, 1.165) is 19.3 Å². The number of fused-ring (bicyclic) bond motifs is 1. The fourth-order valence-corrected chi connectivity index (χ4v) is 4.15. The van der Waals surface area contributed by atoms with E-state index >= 15 is 0 Å². The maximum Gasteiger partial charge on any atom is 0.246 e. The van der Waals surface area contributed by atoms with Gasteiger partial charge >= 0.3 is 0 Å². The molecule has 3 fully saturated rings. The Hall–Kier alpha value is -2.44. The Morgan fingerprint density at radius 2 is 1.93 bits per heavy atom. The molecule has 1 atom stereocenters. The van der Waals surface area contributed by atoms with Gasteiger partial charge in [0.1, 0.15) is 18.4 Å². The number of rotatable bonds is 3. The van der Waals surface area contributed by atoms with Gasteiger partial charge in [-0.2, -0.15) is 0 Å². The number of piperazine rings is 1. The minimum absolute atomic E-state index is 0.00240. The van der Waals surface area contributed by atoms with Crippen LogP contribution < -0.4 is 0 Å². The molecule has 2 saturated heterocycles. The molecule has 7 heteroatoms. The van der Waals surface area contributed by atoms with Crippen LogP contribution >= 0.6 is 0 Å². The molecular weight excluding hydrogens is 349 g/mol. The lowest BCUT2D eigenvalue weighted by Crippen LogP contribution is -2.59. The Morgan fingerprint density at radius 3 is 2.63 bits per heavy atom. The van der Waals surface area contributed by atoms with Crippen molar-refractivity contribution in [3.63, 3.8) is 0 Å². The summed E-state index contributed by atoms with van der Waals surface area (Å²) in [7, 11) is 0. The van der Waals surface area contributed by atoms with Crippen LogP contribution in [0.3, 0.4) is 0 Å². The summed E-state index contributed by atoms with van der Waals surface area (Å²) in [6.07, 6.45) is 3.46. The first kappa shape index (κ1) is 17.9. The van der Waals surface area contributed by atoms with Crippen LogP contribution in [0.5, 0.6) is 0 Å². The van der Waals surface area contributed by atoms with Crippen LogP contribution in [-0.4, -0.2) is 64.6 Å². The summed E-state index contributed by atoms with van der Waals surface area (Å²) < 4.78 is 13.4. The fraction of sp³-hybridized carbons (Fsp3) is 0.550. The van der Waals surface area contributed by atoms with E-state index in [1.807, 2.05) is 4.90 Å². The van der Waals surface area contributed by atoms with E-state index in [1.165, 1.54) is 17.0 Å². The van der Waals surface area contributed by atoms with E-state index in [1.54, 1.807) is 17.0 Å². The fourth-order valence-electron chi connectivity index (χ4n) is 4.15. The molecule has 3 amide bonds. The lowest BCUT2D eigenvalue weighted by molar-refractivity contribution is -0.156. The monoisotopic (exact) mass is 373 g/mol. The molecule has 4 rings (SSSR count). The lowest BCUT2D eigenvalue weighted by atomic mass is 9.84. The SMILES string of the molecule is O=C(C1CCC1)N1CCC2C(=O)N(Cc3cccc(F)c3)CC(=O)N2CC1. The number of carbonyl (C=O) groups excluding carboxylic acids is 3. The summed E-state index contributed by atoms with van der Waals surface area (Å²) in [4.78, 5) is 43.1. The van der Waals surface area contributed by atoms with Crippen molar-refractivity contribution in [2.45, 2.75) is 38.3 Å². The first-order valence-electron chi connectivity index (χ1n) is 9.64. The highest BCUT2D eigenvalue weighted by Gasteiger charge is 2.41. The van der Waals surface area contributed by atoms with Crippen molar-refractivity contribution in [1.29, 1.82) is 0 Å². The van der Waals surface area contributed by atoms with Crippen LogP contribution in [0.1, 0.15) is 31.2 Å². The van der Waals surface area contributed by atoms with Crippen molar-refractivity contribution in [1.82, 2.24) is 14.7 Å². The summed E-state index contributed by atoms with van der Waals surface area (Å²) in [5, 5.41) is 0. The third kappa shape index (κ3) is 3.55. The first-order chi connectivity index (χ1) is 13.0. The van der Waals surface area contributed by atoms with E-state index in [0.29, 0.717) is 31.6 Å². The zero-order valence-electron chi connectivity index (χ0n) is 15.3. The maximum absolute atomic E-state index is 13.4. The van der Waals surface area contributed by atoms with Gasteiger partial charge < -0.3 is 14.7 Å². The molecule has 0 aromatic heterocycles. The largest absolute Gasteiger partial charge is 0.341 e. The molecule has 0 bridgehead atoms. The summed E-state index contributed by atoms with van der Waals surface area (Å²) in [5.41, 5.74) is 0.667. The molecule has 6 nitrogen and oxygen atoms in total. The van der Waals surface area contributed by atoms with Gasteiger partial charge in [0.15, 0.2) is 0 Å². The van der Waals surface area contributed by atoms with Crippen molar-refractivity contribution >= 4 is 17.7 Å². The number of halogens is 1. The summed E-state index contributed by atoms with van der Waals surface area (Å²) >= 11 is 0. The van der Waals surface area contributed by atoms with Crippen molar-refractivity contribution in [3.05, 3.63) is 35.6 Å². The summed E-state index contributed by atoms with van der Waals surface area (Å²) in [5.74, 6) is -0.288. The minimum atomic E-state index is -0.529. The van der Waals surface area contributed by atoms with Crippen LogP contribution in [0.2, 0.25) is 0 Å². The van der Waals surface area contributed by atoms with Gasteiger partial charge in [-0.15, -0.1) is 0 Å². The average molecular weight is 373 g/mol. The van der Waals surface area contributed by atoms with Crippen molar-refractivity contribution in [2.24, 2.45) is 5.92 Å². The lowest BCUT2D eigenvalue weighted by Gasteiger charge is -2.39. The molecule has 27 heavy (non-hydrogen) atoms. The Labute approximate surface area is 157 Å².